The normalized spacial score (nSPS) is 10.7. The number of hydrogen-bond donors (Lipinski definition) is 1. The maximum Gasteiger partial charge on any atom is 0.407 e. The van der Waals surface area contributed by atoms with Gasteiger partial charge in [-0.15, -0.1) is 0 Å². The first-order valence-corrected chi connectivity index (χ1v) is 6.64. The maximum absolute atomic E-state index is 11.4. The van der Waals surface area contributed by atoms with Gasteiger partial charge in [0.2, 0.25) is 0 Å². The molecule has 0 saturated heterocycles. The highest BCUT2D eigenvalue weighted by atomic mass is 16.6. The highest BCUT2D eigenvalue weighted by Gasteiger charge is 2.15. The summed E-state index contributed by atoms with van der Waals surface area (Å²) in [6.07, 6.45) is -0.476. The monoisotopic (exact) mass is 295 g/mol. The summed E-state index contributed by atoms with van der Waals surface area (Å²) in [6, 6.07) is 6.65. The Morgan fingerprint density at radius 3 is 2.19 bits per heavy atom. The van der Waals surface area contributed by atoms with Gasteiger partial charge in [0, 0.05) is 6.92 Å². The number of rotatable bonds is 5. The highest BCUT2D eigenvalue weighted by molar-refractivity contribution is 5.69. The third-order valence-electron chi connectivity index (χ3n) is 2.12. The molecule has 0 aliphatic heterocycles. The van der Waals surface area contributed by atoms with Crippen LogP contribution in [0.15, 0.2) is 24.3 Å². The molecule has 0 atom stereocenters. The summed E-state index contributed by atoms with van der Waals surface area (Å²) in [7, 11) is 0. The average molecular weight is 295 g/mol. The molecule has 0 radical (unpaired) electrons. The lowest BCUT2D eigenvalue weighted by Gasteiger charge is -2.19. The van der Waals surface area contributed by atoms with E-state index in [0.717, 1.165) is 0 Å². The minimum absolute atomic E-state index is 0.312. The molecule has 21 heavy (non-hydrogen) atoms. The molecule has 0 bridgehead atoms. The van der Waals surface area contributed by atoms with Gasteiger partial charge in [0.25, 0.3) is 0 Å². The molecule has 1 rings (SSSR count). The molecule has 1 amide bonds. The lowest BCUT2D eigenvalue weighted by molar-refractivity contribution is -0.131. The second-order valence-electron chi connectivity index (χ2n) is 5.34. The van der Waals surface area contributed by atoms with Crippen LogP contribution in [0.3, 0.4) is 0 Å². The molecule has 0 aliphatic rings. The molecule has 1 N–H and O–H groups in total. The number of carbonyl (C=O) groups excluding carboxylic acids is 2. The molecule has 1 aromatic carbocycles. The van der Waals surface area contributed by atoms with Gasteiger partial charge >= 0.3 is 12.1 Å². The third-order valence-corrected chi connectivity index (χ3v) is 2.12. The number of alkyl carbamates (subject to hydrolysis) is 1. The zero-order chi connectivity index (χ0) is 15.9. The fourth-order valence-corrected chi connectivity index (χ4v) is 1.41. The van der Waals surface area contributed by atoms with Crippen molar-refractivity contribution in [1.29, 1.82) is 0 Å². The van der Waals surface area contributed by atoms with Crippen molar-refractivity contribution < 1.29 is 23.8 Å². The smallest absolute Gasteiger partial charge is 0.407 e. The molecule has 0 fully saturated rings. The quantitative estimate of drug-likeness (QED) is 0.513. The van der Waals surface area contributed by atoms with E-state index in [0.29, 0.717) is 24.7 Å². The largest absolute Gasteiger partial charge is 0.492 e. The van der Waals surface area contributed by atoms with Crippen LogP contribution in [-0.2, 0) is 9.53 Å². The standard InChI is InChI=1S/C15H21NO5/c1-11(17)20-13-7-5-12(6-8-13)19-10-9-16-14(18)21-15(2,3)4/h5-8H,9-10H2,1-4H3,(H,16,18). The molecule has 0 aromatic heterocycles. The molecular formula is C15H21NO5. The minimum Gasteiger partial charge on any atom is -0.492 e. The van der Waals surface area contributed by atoms with Crippen LogP contribution in [0, 0.1) is 0 Å². The van der Waals surface area contributed by atoms with E-state index in [1.807, 2.05) is 0 Å². The Bertz CT molecular complexity index is 476. The summed E-state index contributed by atoms with van der Waals surface area (Å²) >= 11 is 0. The van der Waals surface area contributed by atoms with Gasteiger partial charge < -0.3 is 19.5 Å². The molecule has 0 aliphatic carbocycles. The molecule has 0 heterocycles. The summed E-state index contributed by atoms with van der Waals surface area (Å²) in [4.78, 5) is 22.1. The van der Waals surface area contributed by atoms with Gasteiger partial charge in [0.05, 0.1) is 6.54 Å². The predicted molar refractivity (Wildman–Crippen MR) is 77.5 cm³/mol. The SMILES string of the molecule is CC(=O)Oc1ccc(OCCNC(=O)OC(C)(C)C)cc1. The lowest BCUT2D eigenvalue weighted by atomic mass is 10.2. The van der Waals surface area contributed by atoms with Crippen LogP contribution in [0.1, 0.15) is 27.7 Å². The Hall–Kier alpha value is -2.24. The molecule has 116 valence electrons. The molecule has 6 nitrogen and oxygen atoms in total. The Labute approximate surface area is 124 Å². The predicted octanol–water partition coefficient (Wildman–Crippen LogP) is 2.52. The van der Waals surface area contributed by atoms with E-state index in [9.17, 15) is 9.59 Å². The second kappa shape index (κ2) is 7.52. The molecule has 0 unspecified atom stereocenters. The topological polar surface area (TPSA) is 73.9 Å². The number of amides is 1. The first-order valence-electron chi connectivity index (χ1n) is 6.64. The van der Waals surface area contributed by atoms with E-state index in [2.05, 4.69) is 5.32 Å². The molecule has 0 spiro atoms. The van der Waals surface area contributed by atoms with Crippen LogP contribution in [0.25, 0.3) is 0 Å². The summed E-state index contributed by atoms with van der Waals surface area (Å²) in [5.74, 6) is 0.712. The summed E-state index contributed by atoms with van der Waals surface area (Å²) in [5, 5.41) is 2.59. The van der Waals surface area contributed by atoms with Crippen LogP contribution in [0.2, 0.25) is 0 Å². The fourth-order valence-electron chi connectivity index (χ4n) is 1.41. The summed E-state index contributed by atoms with van der Waals surface area (Å²) in [5.41, 5.74) is -0.516. The van der Waals surface area contributed by atoms with Crippen LogP contribution < -0.4 is 14.8 Å². The van der Waals surface area contributed by atoms with Crippen LogP contribution in [0.5, 0.6) is 11.5 Å². The molecular weight excluding hydrogens is 274 g/mol. The fraction of sp³-hybridized carbons (Fsp3) is 0.467. The van der Waals surface area contributed by atoms with Crippen LogP contribution in [0.4, 0.5) is 4.79 Å². The van der Waals surface area contributed by atoms with Crippen LogP contribution in [-0.4, -0.2) is 30.8 Å². The van der Waals surface area contributed by atoms with Gasteiger partial charge in [-0.2, -0.15) is 0 Å². The van der Waals surface area contributed by atoms with Gasteiger partial charge in [-0.25, -0.2) is 4.79 Å². The van der Waals surface area contributed by atoms with Crippen molar-refractivity contribution >= 4 is 12.1 Å². The average Bonchev–Trinajstić information content (AvgIpc) is 2.34. The lowest BCUT2D eigenvalue weighted by Crippen LogP contribution is -2.34. The Morgan fingerprint density at radius 2 is 1.67 bits per heavy atom. The number of benzene rings is 1. The van der Waals surface area contributed by atoms with E-state index in [1.54, 1.807) is 45.0 Å². The number of ether oxygens (including phenoxy) is 3. The van der Waals surface area contributed by atoms with Gasteiger partial charge in [-0.3, -0.25) is 4.79 Å². The van der Waals surface area contributed by atoms with Crippen molar-refractivity contribution in [3.63, 3.8) is 0 Å². The van der Waals surface area contributed by atoms with Crippen molar-refractivity contribution in [1.82, 2.24) is 5.32 Å². The molecule has 6 heteroatoms. The number of esters is 1. The molecule has 0 saturated carbocycles. The third kappa shape index (κ3) is 7.81. The van der Waals surface area contributed by atoms with Crippen LogP contribution >= 0.6 is 0 Å². The zero-order valence-electron chi connectivity index (χ0n) is 12.8. The first kappa shape index (κ1) is 16.8. The van der Waals surface area contributed by atoms with Crippen molar-refractivity contribution in [2.75, 3.05) is 13.2 Å². The van der Waals surface area contributed by atoms with Crippen molar-refractivity contribution in [3.8, 4) is 11.5 Å². The van der Waals surface area contributed by atoms with Gasteiger partial charge in [0.1, 0.15) is 23.7 Å². The number of hydrogen-bond acceptors (Lipinski definition) is 5. The summed E-state index contributed by atoms with van der Waals surface area (Å²) < 4.78 is 15.4. The van der Waals surface area contributed by atoms with Crippen molar-refractivity contribution in [2.45, 2.75) is 33.3 Å². The number of nitrogens with one attached hydrogen (secondary N) is 1. The minimum atomic E-state index is -0.516. The molecule has 1 aromatic rings. The van der Waals surface area contributed by atoms with Crippen molar-refractivity contribution in [2.24, 2.45) is 0 Å². The highest BCUT2D eigenvalue weighted by Crippen LogP contribution is 2.17. The maximum atomic E-state index is 11.4. The Balaban J connectivity index is 2.27. The van der Waals surface area contributed by atoms with Crippen molar-refractivity contribution in [3.05, 3.63) is 24.3 Å². The van der Waals surface area contributed by atoms with E-state index in [-0.39, 0.29) is 5.97 Å². The Morgan fingerprint density at radius 1 is 1.10 bits per heavy atom. The first-order chi connectivity index (χ1) is 9.76. The Kier molecular flexibility index (Phi) is 6.02. The van der Waals surface area contributed by atoms with E-state index < -0.39 is 11.7 Å². The van der Waals surface area contributed by atoms with E-state index in [4.69, 9.17) is 14.2 Å². The second-order valence-corrected chi connectivity index (χ2v) is 5.34. The van der Waals surface area contributed by atoms with E-state index in [1.165, 1.54) is 6.92 Å². The van der Waals surface area contributed by atoms with Gasteiger partial charge in [0.15, 0.2) is 0 Å². The summed E-state index contributed by atoms with van der Waals surface area (Å²) in [6.45, 7) is 7.38. The van der Waals surface area contributed by atoms with Gasteiger partial charge in [-0.1, -0.05) is 0 Å². The van der Waals surface area contributed by atoms with Gasteiger partial charge in [-0.05, 0) is 45.0 Å². The zero-order valence-corrected chi connectivity index (χ0v) is 12.8. The number of carbonyl (C=O) groups is 2. The van der Waals surface area contributed by atoms with E-state index >= 15 is 0 Å².